The van der Waals surface area contributed by atoms with Crippen molar-refractivity contribution in [2.24, 2.45) is 5.92 Å². The third kappa shape index (κ3) is 4.07. The Hall–Kier alpha value is -1.32. The van der Waals surface area contributed by atoms with Gasteiger partial charge in [-0.2, -0.15) is 0 Å². The second-order valence-corrected chi connectivity index (χ2v) is 2.98. The molecule has 0 aliphatic heterocycles. The first-order valence-electron chi connectivity index (χ1n) is 4.35. The second kappa shape index (κ2) is 6.18. The molecule has 0 radical (unpaired) electrons. The zero-order valence-corrected chi connectivity index (χ0v) is 8.83. The molecule has 0 N–H and O–H groups in total. The Kier molecular flexibility index (Phi) is 5.60. The van der Waals surface area contributed by atoms with Gasteiger partial charge in [-0.25, -0.2) is 0 Å². The number of rotatable bonds is 5. The molecule has 0 saturated carbocycles. The molecule has 0 aromatic carbocycles. The molecule has 0 aromatic rings. The number of esters is 2. The summed E-state index contributed by atoms with van der Waals surface area (Å²) in [6.45, 7) is 5.42. The quantitative estimate of drug-likeness (QED) is 0.496. The predicted octanol–water partition coefficient (Wildman–Crippen LogP) is 1.30. The first kappa shape index (κ1) is 12.7. The highest BCUT2D eigenvalue weighted by molar-refractivity contribution is 5.75. The van der Waals surface area contributed by atoms with Crippen LogP contribution in [0.5, 0.6) is 0 Å². The molecule has 14 heavy (non-hydrogen) atoms. The Labute approximate surface area is 83.9 Å². The van der Waals surface area contributed by atoms with Crippen molar-refractivity contribution in [2.45, 2.75) is 19.8 Å². The van der Waals surface area contributed by atoms with Crippen LogP contribution in [-0.4, -0.2) is 26.2 Å². The van der Waals surface area contributed by atoms with Crippen LogP contribution in [0.25, 0.3) is 0 Å². The minimum atomic E-state index is -0.371. The average Bonchev–Trinajstić information content (AvgIpc) is 2.22. The van der Waals surface area contributed by atoms with Crippen molar-refractivity contribution >= 4 is 11.9 Å². The maximum Gasteiger partial charge on any atom is 0.312 e. The van der Waals surface area contributed by atoms with E-state index in [1.807, 2.05) is 0 Å². The Balaban J connectivity index is 3.96. The van der Waals surface area contributed by atoms with Crippen LogP contribution in [0.4, 0.5) is 0 Å². The molecule has 4 nitrogen and oxygen atoms in total. The smallest absolute Gasteiger partial charge is 0.312 e. The number of ether oxygens (including phenoxy) is 2. The van der Waals surface area contributed by atoms with E-state index in [9.17, 15) is 9.59 Å². The summed E-state index contributed by atoms with van der Waals surface area (Å²) in [5.41, 5.74) is 0.683. The Morgan fingerprint density at radius 1 is 1.21 bits per heavy atom. The van der Waals surface area contributed by atoms with E-state index in [4.69, 9.17) is 0 Å². The fourth-order valence-corrected chi connectivity index (χ4v) is 0.925. The SMILES string of the molecule is C=C(CCC(=O)OC)C(C)C(=O)OC. The molecular weight excluding hydrogens is 184 g/mol. The fourth-order valence-electron chi connectivity index (χ4n) is 0.925. The van der Waals surface area contributed by atoms with E-state index in [1.54, 1.807) is 6.92 Å². The van der Waals surface area contributed by atoms with E-state index in [1.165, 1.54) is 14.2 Å². The van der Waals surface area contributed by atoms with E-state index in [-0.39, 0.29) is 24.3 Å². The highest BCUT2D eigenvalue weighted by Crippen LogP contribution is 2.15. The summed E-state index contributed by atoms with van der Waals surface area (Å²) in [4.78, 5) is 21.9. The van der Waals surface area contributed by atoms with Gasteiger partial charge >= 0.3 is 11.9 Å². The van der Waals surface area contributed by atoms with Gasteiger partial charge in [-0.05, 0) is 13.3 Å². The lowest BCUT2D eigenvalue weighted by Crippen LogP contribution is -2.15. The van der Waals surface area contributed by atoms with E-state index in [0.29, 0.717) is 12.0 Å². The Morgan fingerprint density at radius 3 is 2.21 bits per heavy atom. The van der Waals surface area contributed by atoms with Crippen molar-refractivity contribution in [3.8, 4) is 0 Å². The van der Waals surface area contributed by atoms with Gasteiger partial charge in [0.1, 0.15) is 0 Å². The Morgan fingerprint density at radius 2 is 1.79 bits per heavy atom. The summed E-state index contributed by atoms with van der Waals surface area (Å²) >= 11 is 0. The minimum Gasteiger partial charge on any atom is -0.469 e. The van der Waals surface area contributed by atoms with Crippen LogP contribution in [0, 0.1) is 5.92 Å². The van der Waals surface area contributed by atoms with Gasteiger partial charge in [0.05, 0.1) is 20.1 Å². The maximum absolute atomic E-state index is 11.1. The third-order valence-corrected chi connectivity index (χ3v) is 2.05. The first-order valence-corrected chi connectivity index (χ1v) is 4.35. The summed E-state index contributed by atoms with van der Waals surface area (Å²) in [7, 11) is 2.65. The highest BCUT2D eigenvalue weighted by atomic mass is 16.5. The lowest BCUT2D eigenvalue weighted by atomic mass is 9.99. The van der Waals surface area contributed by atoms with Crippen LogP contribution in [0.15, 0.2) is 12.2 Å². The van der Waals surface area contributed by atoms with Crippen LogP contribution >= 0.6 is 0 Å². The lowest BCUT2D eigenvalue weighted by molar-refractivity contribution is -0.144. The molecule has 0 aliphatic carbocycles. The molecule has 0 fully saturated rings. The van der Waals surface area contributed by atoms with Gasteiger partial charge in [0, 0.05) is 6.42 Å². The summed E-state index contributed by atoms with van der Waals surface area (Å²) in [5, 5.41) is 0. The van der Waals surface area contributed by atoms with Gasteiger partial charge in [0.15, 0.2) is 0 Å². The van der Waals surface area contributed by atoms with Gasteiger partial charge in [-0.1, -0.05) is 12.2 Å². The molecule has 0 bridgehead atoms. The molecule has 0 aromatic heterocycles. The molecule has 80 valence electrons. The van der Waals surface area contributed by atoms with E-state index in [0.717, 1.165) is 0 Å². The largest absolute Gasteiger partial charge is 0.469 e. The zero-order chi connectivity index (χ0) is 11.1. The molecule has 0 spiro atoms. The number of carbonyl (C=O) groups is 2. The number of methoxy groups -OCH3 is 2. The van der Waals surface area contributed by atoms with Crippen molar-refractivity contribution in [3.63, 3.8) is 0 Å². The predicted molar refractivity (Wildman–Crippen MR) is 51.6 cm³/mol. The van der Waals surface area contributed by atoms with Crippen LogP contribution in [0.2, 0.25) is 0 Å². The van der Waals surface area contributed by atoms with Gasteiger partial charge in [0.2, 0.25) is 0 Å². The first-order chi connectivity index (χ1) is 6.52. The minimum absolute atomic E-state index is 0.247. The van der Waals surface area contributed by atoms with Gasteiger partial charge in [-0.3, -0.25) is 9.59 Å². The van der Waals surface area contributed by atoms with Crippen molar-refractivity contribution in [2.75, 3.05) is 14.2 Å². The second-order valence-electron chi connectivity index (χ2n) is 2.98. The monoisotopic (exact) mass is 200 g/mol. The standard InChI is InChI=1S/C10H16O4/c1-7(5-6-9(11)13-3)8(2)10(12)14-4/h8H,1,5-6H2,2-4H3. The zero-order valence-electron chi connectivity index (χ0n) is 8.83. The molecule has 0 saturated heterocycles. The highest BCUT2D eigenvalue weighted by Gasteiger charge is 2.17. The number of hydrogen-bond acceptors (Lipinski definition) is 4. The van der Waals surface area contributed by atoms with Crippen molar-refractivity contribution in [3.05, 3.63) is 12.2 Å². The molecule has 1 atom stereocenters. The van der Waals surface area contributed by atoms with Crippen LogP contribution in [0.1, 0.15) is 19.8 Å². The molecule has 0 amide bonds. The Bertz CT molecular complexity index is 232. The summed E-state index contributed by atoms with van der Waals surface area (Å²) in [5.74, 6) is -1.01. The fraction of sp³-hybridized carbons (Fsp3) is 0.600. The van der Waals surface area contributed by atoms with E-state index >= 15 is 0 Å². The average molecular weight is 200 g/mol. The van der Waals surface area contributed by atoms with Gasteiger partial charge in [-0.15, -0.1) is 0 Å². The normalized spacial score (nSPS) is 11.6. The molecule has 1 unspecified atom stereocenters. The van der Waals surface area contributed by atoms with Crippen molar-refractivity contribution < 1.29 is 19.1 Å². The molecule has 0 rings (SSSR count). The summed E-state index contributed by atoms with van der Waals surface area (Å²) < 4.78 is 9.02. The van der Waals surface area contributed by atoms with Crippen LogP contribution in [0.3, 0.4) is 0 Å². The van der Waals surface area contributed by atoms with E-state index < -0.39 is 0 Å². The maximum atomic E-state index is 11.1. The molecule has 4 heteroatoms. The topological polar surface area (TPSA) is 52.6 Å². The molecular formula is C10H16O4. The van der Waals surface area contributed by atoms with Crippen LogP contribution < -0.4 is 0 Å². The van der Waals surface area contributed by atoms with Crippen LogP contribution in [-0.2, 0) is 19.1 Å². The van der Waals surface area contributed by atoms with Crippen molar-refractivity contribution in [1.82, 2.24) is 0 Å². The van der Waals surface area contributed by atoms with Gasteiger partial charge in [0.25, 0.3) is 0 Å². The van der Waals surface area contributed by atoms with Gasteiger partial charge < -0.3 is 9.47 Å². The molecule has 0 aliphatic rings. The summed E-state index contributed by atoms with van der Waals surface area (Å²) in [6.07, 6.45) is 0.694. The van der Waals surface area contributed by atoms with E-state index in [2.05, 4.69) is 16.1 Å². The van der Waals surface area contributed by atoms with Crippen molar-refractivity contribution in [1.29, 1.82) is 0 Å². The molecule has 0 heterocycles. The summed E-state index contributed by atoms with van der Waals surface area (Å²) in [6, 6.07) is 0. The third-order valence-electron chi connectivity index (χ3n) is 2.05. The number of carbonyl (C=O) groups excluding carboxylic acids is 2. The number of hydrogen-bond donors (Lipinski definition) is 0. The lowest BCUT2D eigenvalue weighted by Gasteiger charge is -2.11.